The second-order valence-corrected chi connectivity index (χ2v) is 6.29. The second-order valence-electron chi connectivity index (χ2n) is 5.85. The summed E-state index contributed by atoms with van der Waals surface area (Å²) in [5, 5.41) is 0. The maximum atomic E-state index is 12.5. The molecule has 0 aliphatic rings. The van der Waals surface area contributed by atoms with Crippen molar-refractivity contribution in [3.05, 3.63) is 59.9 Å². The van der Waals surface area contributed by atoms with Gasteiger partial charge in [-0.1, -0.05) is 44.2 Å². The molecule has 0 aliphatic carbocycles. The van der Waals surface area contributed by atoms with E-state index < -0.39 is 18.0 Å². The third-order valence-electron chi connectivity index (χ3n) is 3.84. The fourth-order valence-corrected chi connectivity index (χ4v) is 2.72. The molecule has 5 nitrogen and oxygen atoms in total. The van der Waals surface area contributed by atoms with E-state index in [4.69, 9.17) is 4.74 Å². The fraction of sp³-hybridized carbons (Fsp3) is 0.333. The molecule has 1 aromatic carbocycles. The molecule has 0 saturated carbocycles. The second kappa shape index (κ2) is 8.32. The molecule has 0 saturated heterocycles. The Hall–Kier alpha value is -1.83. The molecular formula is C18H20INO4. The first-order chi connectivity index (χ1) is 11.5. The van der Waals surface area contributed by atoms with Gasteiger partial charge in [0.25, 0.3) is 0 Å². The lowest BCUT2D eigenvalue weighted by Gasteiger charge is -2.21. The van der Waals surface area contributed by atoms with Crippen molar-refractivity contribution in [2.45, 2.75) is 32.9 Å². The Morgan fingerprint density at radius 1 is 1.04 bits per heavy atom. The van der Waals surface area contributed by atoms with Crippen LogP contribution in [0.5, 0.6) is 0 Å². The van der Waals surface area contributed by atoms with Gasteiger partial charge in [-0.3, -0.25) is 0 Å². The summed E-state index contributed by atoms with van der Waals surface area (Å²) in [6.45, 7) is 5.61. The highest BCUT2D eigenvalue weighted by Crippen LogP contribution is 2.22. The summed E-state index contributed by atoms with van der Waals surface area (Å²) < 4.78 is 11.9. The van der Waals surface area contributed by atoms with Crippen LogP contribution in [0.1, 0.15) is 42.9 Å². The maximum absolute atomic E-state index is 12.5. The van der Waals surface area contributed by atoms with Crippen LogP contribution in [0.3, 0.4) is 0 Å². The number of rotatable bonds is 6. The molecule has 0 fully saturated rings. The summed E-state index contributed by atoms with van der Waals surface area (Å²) in [7, 11) is 0. The number of ether oxygens (including phenoxy) is 1. The van der Waals surface area contributed by atoms with Crippen LogP contribution in [0, 0.1) is 5.92 Å². The molecule has 2 rings (SSSR count). The lowest BCUT2D eigenvalue weighted by atomic mass is 10.1. The smallest absolute Gasteiger partial charge is 0.357 e. The van der Waals surface area contributed by atoms with E-state index in [2.05, 4.69) is 3.07 Å². The van der Waals surface area contributed by atoms with Crippen molar-refractivity contribution in [2.24, 2.45) is 5.92 Å². The van der Waals surface area contributed by atoms with Crippen LogP contribution in [0.4, 0.5) is 0 Å². The summed E-state index contributed by atoms with van der Waals surface area (Å²) in [6.07, 6.45) is 0.903. The molecule has 0 unspecified atom stereocenters. The first-order valence-electron chi connectivity index (χ1n) is 7.71. The highest BCUT2D eigenvalue weighted by atomic mass is 127. The van der Waals surface area contributed by atoms with Crippen LogP contribution in [0.25, 0.3) is 0 Å². The van der Waals surface area contributed by atoms with Crippen molar-refractivity contribution in [3.63, 3.8) is 0 Å². The quantitative estimate of drug-likeness (QED) is 0.499. The highest BCUT2D eigenvalue weighted by molar-refractivity contribution is 14.1. The third-order valence-corrected chi connectivity index (χ3v) is 4.27. The van der Waals surface area contributed by atoms with E-state index in [0.29, 0.717) is 5.69 Å². The lowest BCUT2D eigenvalue weighted by Crippen LogP contribution is -2.33. The Kier molecular flexibility index (Phi) is 6.42. The van der Waals surface area contributed by atoms with E-state index in [1.165, 1.54) is 23.0 Å². The largest absolute Gasteiger partial charge is 0.445 e. The molecule has 1 heterocycles. The van der Waals surface area contributed by atoms with E-state index in [1.54, 1.807) is 26.0 Å². The Bertz CT molecular complexity index is 696. The molecule has 0 aliphatic heterocycles. The van der Waals surface area contributed by atoms with Gasteiger partial charge in [-0.2, -0.15) is 0 Å². The zero-order valence-corrected chi connectivity index (χ0v) is 16.0. The average molecular weight is 441 g/mol. The topological polar surface area (TPSA) is 57.5 Å². The van der Waals surface area contributed by atoms with Crippen LogP contribution < -0.4 is 0 Å². The highest BCUT2D eigenvalue weighted by Gasteiger charge is 2.29. The molecule has 0 bridgehead atoms. The van der Waals surface area contributed by atoms with Gasteiger partial charge in [-0.25, -0.2) is 9.59 Å². The van der Waals surface area contributed by atoms with Crippen molar-refractivity contribution in [3.8, 4) is 0 Å². The Morgan fingerprint density at radius 3 is 2.29 bits per heavy atom. The van der Waals surface area contributed by atoms with Crippen LogP contribution in [0.15, 0.2) is 48.7 Å². The minimum Gasteiger partial charge on any atom is -0.445 e. The number of hydrogen-bond acceptors (Lipinski definition) is 4. The van der Waals surface area contributed by atoms with Crippen LogP contribution >= 0.6 is 23.0 Å². The number of carbonyl (C=O) groups excluding carboxylic acids is 2. The first kappa shape index (κ1) is 18.5. The van der Waals surface area contributed by atoms with E-state index in [1.807, 2.05) is 48.0 Å². The Labute approximate surface area is 155 Å². The monoisotopic (exact) mass is 441 g/mol. The number of aromatic nitrogens is 1. The molecule has 24 heavy (non-hydrogen) atoms. The summed E-state index contributed by atoms with van der Waals surface area (Å²) in [4.78, 5) is 24.3. The number of benzene rings is 1. The van der Waals surface area contributed by atoms with Crippen molar-refractivity contribution in [1.82, 2.24) is 4.57 Å². The van der Waals surface area contributed by atoms with Crippen molar-refractivity contribution >= 4 is 34.9 Å². The zero-order valence-electron chi connectivity index (χ0n) is 13.8. The zero-order chi connectivity index (χ0) is 17.7. The number of nitrogens with zero attached hydrogens (tertiary/aromatic N) is 1. The van der Waals surface area contributed by atoms with E-state index in [0.717, 1.165) is 5.56 Å². The fourth-order valence-electron chi connectivity index (χ4n) is 2.47. The van der Waals surface area contributed by atoms with Crippen molar-refractivity contribution in [1.29, 1.82) is 0 Å². The third kappa shape index (κ3) is 4.17. The molecule has 0 spiro atoms. The molecule has 2 atom stereocenters. The molecule has 0 N–H and O–H groups in total. The van der Waals surface area contributed by atoms with Gasteiger partial charge in [-0.15, -0.1) is 0 Å². The Morgan fingerprint density at radius 2 is 1.71 bits per heavy atom. The van der Waals surface area contributed by atoms with E-state index >= 15 is 0 Å². The normalized spacial score (nSPS) is 13.4. The Balaban J connectivity index is 2.23. The molecule has 6 heteroatoms. The van der Waals surface area contributed by atoms with Gasteiger partial charge in [0, 0.05) is 12.1 Å². The average Bonchev–Trinajstić information content (AvgIpc) is 3.08. The molecular weight excluding hydrogens is 421 g/mol. The van der Waals surface area contributed by atoms with Gasteiger partial charge < -0.3 is 12.4 Å². The van der Waals surface area contributed by atoms with Crippen LogP contribution in [-0.2, 0) is 12.6 Å². The summed E-state index contributed by atoms with van der Waals surface area (Å²) in [5.41, 5.74) is 1.48. The number of halogens is 1. The predicted octanol–water partition coefficient (Wildman–Crippen LogP) is 4.17. The standard InChI is InChI=1S/C18H20INO4/c1-12(2)16(18(22)24-19)23-17(21)15-10-7-11-20(15)13(3)14-8-5-4-6-9-14/h4-13,16H,1-3H3/t13-,16-/m1/s1. The van der Waals surface area contributed by atoms with Gasteiger partial charge in [0.05, 0.1) is 6.04 Å². The summed E-state index contributed by atoms with van der Waals surface area (Å²) >= 11 is 1.50. The van der Waals surface area contributed by atoms with Crippen LogP contribution in [-0.4, -0.2) is 22.6 Å². The molecule has 0 radical (unpaired) electrons. The number of hydrogen-bond donors (Lipinski definition) is 0. The molecule has 128 valence electrons. The molecule has 1 aromatic heterocycles. The first-order valence-corrected chi connectivity index (χ1v) is 8.59. The van der Waals surface area contributed by atoms with Crippen molar-refractivity contribution < 1.29 is 17.4 Å². The van der Waals surface area contributed by atoms with Gasteiger partial charge in [0.1, 0.15) is 5.69 Å². The SMILES string of the molecule is CC(C)[C@@H](OC(=O)c1cccn1[C@H](C)c1ccccc1)C(=O)OI. The van der Waals surface area contributed by atoms with Crippen molar-refractivity contribution in [2.75, 3.05) is 0 Å². The van der Waals surface area contributed by atoms with E-state index in [-0.39, 0.29) is 12.0 Å². The minimum absolute atomic E-state index is 0.0298. The minimum atomic E-state index is -0.926. The predicted molar refractivity (Wildman–Crippen MR) is 98.8 cm³/mol. The van der Waals surface area contributed by atoms with Crippen LogP contribution in [0.2, 0.25) is 0 Å². The van der Waals surface area contributed by atoms with Gasteiger partial charge in [0.2, 0.25) is 6.10 Å². The summed E-state index contributed by atoms with van der Waals surface area (Å²) in [6, 6.07) is 13.3. The number of carbonyl (C=O) groups is 2. The van der Waals surface area contributed by atoms with E-state index in [9.17, 15) is 9.59 Å². The lowest BCUT2D eigenvalue weighted by molar-refractivity contribution is -0.143. The van der Waals surface area contributed by atoms with Gasteiger partial charge in [0.15, 0.2) is 23.0 Å². The number of esters is 1. The molecule has 2 aromatic rings. The van der Waals surface area contributed by atoms with Gasteiger partial charge in [-0.05, 0) is 24.6 Å². The maximum Gasteiger partial charge on any atom is 0.357 e. The van der Waals surface area contributed by atoms with Gasteiger partial charge >= 0.3 is 11.9 Å². The molecule has 0 amide bonds. The summed E-state index contributed by atoms with van der Waals surface area (Å²) in [5.74, 6) is -1.28.